The van der Waals surface area contributed by atoms with Crippen molar-refractivity contribution >= 4 is 11.9 Å². The summed E-state index contributed by atoms with van der Waals surface area (Å²) in [6, 6.07) is -0.850. The highest BCUT2D eigenvalue weighted by molar-refractivity contribution is 5.83. The molecule has 1 rings (SSSR count). The highest BCUT2D eigenvalue weighted by Gasteiger charge is 2.21. The van der Waals surface area contributed by atoms with Gasteiger partial charge in [-0.2, -0.15) is 4.98 Å². The largest absolute Gasteiger partial charge is 0.480 e. The Morgan fingerprint density at radius 1 is 1.42 bits per heavy atom. The molecule has 0 radical (unpaired) electrons. The van der Waals surface area contributed by atoms with Gasteiger partial charge in [0.15, 0.2) is 5.82 Å². The Balaban J connectivity index is 2.42. The molecule has 7 heteroatoms. The topological polar surface area (TPSA) is 105 Å². The molecule has 0 aliphatic heterocycles. The Bertz CT molecular complexity index is 442. The van der Waals surface area contributed by atoms with Crippen molar-refractivity contribution in [2.24, 2.45) is 5.92 Å². The number of nitrogens with one attached hydrogen (secondary N) is 1. The number of carbonyl (C=O) groups is 2. The molecular formula is C12H19N3O4. The summed E-state index contributed by atoms with van der Waals surface area (Å²) < 4.78 is 4.87. The molecule has 0 unspecified atom stereocenters. The van der Waals surface area contributed by atoms with Crippen LogP contribution in [0.5, 0.6) is 0 Å². The van der Waals surface area contributed by atoms with Crippen molar-refractivity contribution in [1.29, 1.82) is 0 Å². The summed E-state index contributed by atoms with van der Waals surface area (Å²) in [5, 5.41) is 15.1. The van der Waals surface area contributed by atoms with E-state index in [9.17, 15) is 9.59 Å². The fourth-order valence-corrected chi connectivity index (χ4v) is 1.62. The van der Waals surface area contributed by atoms with Gasteiger partial charge in [0, 0.05) is 12.8 Å². The fraction of sp³-hybridized carbons (Fsp3) is 0.667. The molecule has 1 aromatic heterocycles. The number of carbonyl (C=O) groups excluding carboxylic acids is 1. The lowest BCUT2D eigenvalue weighted by Gasteiger charge is -2.16. The number of hydrogen-bond donors (Lipinski definition) is 2. The Kier molecular flexibility index (Phi) is 5.47. The Morgan fingerprint density at radius 3 is 2.58 bits per heavy atom. The molecule has 106 valence electrons. The number of nitrogens with zero attached hydrogens (tertiary/aromatic N) is 2. The molecule has 1 amide bonds. The van der Waals surface area contributed by atoms with E-state index in [1.54, 1.807) is 6.92 Å². The van der Waals surface area contributed by atoms with Crippen LogP contribution < -0.4 is 5.32 Å². The predicted octanol–water partition coefficient (Wildman–Crippen LogP) is 0.926. The first-order chi connectivity index (χ1) is 8.88. The molecule has 0 aromatic carbocycles. The summed E-state index contributed by atoms with van der Waals surface area (Å²) >= 11 is 0. The van der Waals surface area contributed by atoms with E-state index in [-0.39, 0.29) is 18.2 Å². The molecule has 19 heavy (non-hydrogen) atoms. The first-order valence-corrected chi connectivity index (χ1v) is 6.20. The Morgan fingerprint density at radius 2 is 2.11 bits per heavy atom. The van der Waals surface area contributed by atoms with E-state index in [0.717, 1.165) is 0 Å². The summed E-state index contributed by atoms with van der Waals surface area (Å²) in [5.74, 6) is -0.262. The molecular weight excluding hydrogens is 250 g/mol. The molecule has 0 saturated heterocycles. The third-order valence-corrected chi connectivity index (χ3v) is 2.48. The minimum atomic E-state index is -1.02. The van der Waals surface area contributed by atoms with E-state index in [0.29, 0.717) is 24.6 Å². The molecule has 0 aliphatic carbocycles. The molecule has 1 atom stereocenters. The third-order valence-electron chi connectivity index (χ3n) is 2.48. The van der Waals surface area contributed by atoms with Crippen LogP contribution in [0.4, 0.5) is 0 Å². The van der Waals surface area contributed by atoms with E-state index >= 15 is 0 Å². The van der Waals surface area contributed by atoms with Crippen molar-refractivity contribution in [3.63, 3.8) is 0 Å². The van der Waals surface area contributed by atoms with Crippen LogP contribution in [0, 0.1) is 12.8 Å². The van der Waals surface area contributed by atoms with Gasteiger partial charge in [0.25, 0.3) is 0 Å². The molecule has 1 heterocycles. The lowest BCUT2D eigenvalue weighted by atomic mass is 10.0. The lowest BCUT2D eigenvalue weighted by molar-refractivity contribution is -0.142. The van der Waals surface area contributed by atoms with Crippen molar-refractivity contribution < 1.29 is 19.2 Å². The van der Waals surface area contributed by atoms with Gasteiger partial charge < -0.3 is 14.9 Å². The zero-order chi connectivity index (χ0) is 14.4. The normalized spacial score (nSPS) is 12.4. The van der Waals surface area contributed by atoms with Gasteiger partial charge in [-0.15, -0.1) is 0 Å². The van der Waals surface area contributed by atoms with Crippen molar-refractivity contribution in [2.45, 2.75) is 46.1 Å². The van der Waals surface area contributed by atoms with E-state index < -0.39 is 12.0 Å². The van der Waals surface area contributed by atoms with E-state index in [2.05, 4.69) is 15.5 Å². The third kappa shape index (κ3) is 5.50. The van der Waals surface area contributed by atoms with Crippen molar-refractivity contribution in [1.82, 2.24) is 15.5 Å². The molecule has 0 bridgehead atoms. The van der Waals surface area contributed by atoms with Crippen LogP contribution >= 0.6 is 0 Å². The van der Waals surface area contributed by atoms with Crippen molar-refractivity contribution in [2.75, 3.05) is 0 Å². The summed E-state index contributed by atoms with van der Waals surface area (Å²) in [4.78, 5) is 26.6. The van der Waals surface area contributed by atoms with Crippen LogP contribution in [-0.4, -0.2) is 33.2 Å². The second-order valence-corrected chi connectivity index (χ2v) is 4.82. The maximum absolute atomic E-state index is 11.7. The van der Waals surface area contributed by atoms with Crippen molar-refractivity contribution in [3.8, 4) is 0 Å². The zero-order valence-corrected chi connectivity index (χ0v) is 11.3. The minimum absolute atomic E-state index is 0.128. The van der Waals surface area contributed by atoms with Gasteiger partial charge in [-0.1, -0.05) is 19.0 Å². The number of aliphatic carboxylic acids is 1. The van der Waals surface area contributed by atoms with Gasteiger partial charge in [0.05, 0.1) is 0 Å². The molecule has 2 N–H and O–H groups in total. The Hall–Kier alpha value is -1.92. The molecule has 7 nitrogen and oxygen atoms in total. The van der Waals surface area contributed by atoms with Gasteiger partial charge >= 0.3 is 5.97 Å². The first-order valence-electron chi connectivity index (χ1n) is 6.20. The number of hydrogen-bond acceptors (Lipinski definition) is 5. The van der Waals surface area contributed by atoms with Gasteiger partial charge in [0.2, 0.25) is 11.8 Å². The fourth-order valence-electron chi connectivity index (χ4n) is 1.62. The second kappa shape index (κ2) is 6.86. The SMILES string of the molecule is Cc1noc(CCC(=O)N[C@@H](CC(C)C)C(=O)O)n1. The molecule has 0 aliphatic rings. The van der Waals surface area contributed by atoms with Gasteiger partial charge in [0.1, 0.15) is 6.04 Å². The van der Waals surface area contributed by atoms with Crippen LogP contribution in [0.25, 0.3) is 0 Å². The number of aryl methyl sites for hydroxylation is 2. The van der Waals surface area contributed by atoms with E-state index in [1.165, 1.54) is 0 Å². The van der Waals surface area contributed by atoms with Crippen LogP contribution in [0.2, 0.25) is 0 Å². The average Bonchev–Trinajstić information content (AvgIpc) is 2.71. The zero-order valence-electron chi connectivity index (χ0n) is 11.3. The number of carboxylic acids is 1. The van der Waals surface area contributed by atoms with E-state index in [4.69, 9.17) is 9.63 Å². The van der Waals surface area contributed by atoms with Crippen LogP contribution in [0.1, 0.15) is 38.4 Å². The predicted molar refractivity (Wildman–Crippen MR) is 66.4 cm³/mol. The molecule has 1 aromatic rings. The van der Waals surface area contributed by atoms with Crippen LogP contribution in [-0.2, 0) is 16.0 Å². The maximum atomic E-state index is 11.7. The van der Waals surface area contributed by atoms with Gasteiger partial charge in [-0.05, 0) is 19.3 Å². The highest BCUT2D eigenvalue weighted by Crippen LogP contribution is 2.06. The summed E-state index contributed by atoms with van der Waals surface area (Å²) in [5.41, 5.74) is 0. The summed E-state index contributed by atoms with van der Waals surface area (Å²) in [6.45, 7) is 5.50. The standard InChI is InChI=1S/C12H19N3O4/c1-7(2)6-9(12(17)18)14-10(16)4-5-11-13-8(3)15-19-11/h7,9H,4-6H2,1-3H3,(H,14,16)(H,17,18)/t9-/m0/s1. The Labute approximate surface area is 111 Å². The monoisotopic (exact) mass is 269 g/mol. The van der Waals surface area contributed by atoms with Gasteiger partial charge in [-0.25, -0.2) is 4.79 Å². The average molecular weight is 269 g/mol. The molecule has 0 saturated carbocycles. The summed E-state index contributed by atoms with van der Waals surface area (Å²) in [6.07, 6.45) is 0.838. The quantitative estimate of drug-likeness (QED) is 0.762. The summed E-state index contributed by atoms with van der Waals surface area (Å²) in [7, 11) is 0. The first kappa shape index (κ1) is 15.1. The molecule has 0 fully saturated rings. The van der Waals surface area contributed by atoms with E-state index in [1.807, 2.05) is 13.8 Å². The van der Waals surface area contributed by atoms with Gasteiger partial charge in [-0.3, -0.25) is 4.79 Å². The highest BCUT2D eigenvalue weighted by atomic mass is 16.5. The van der Waals surface area contributed by atoms with Crippen molar-refractivity contribution in [3.05, 3.63) is 11.7 Å². The smallest absolute Gasteiger partial charge is 0.326 e. The molecule has 0 spiro atoms. The van der Waals surface area contributed by atoms with Crippen LogP contribution in [0.15, 0.2) is 4.52 Å². The number of carboxylic acid groups (broad SMARTS) is 1. The number of amides is 1. The van der Waals surface area contributed by atoms with Crippen LogP contribution in [0.3, 0.4) is 0 Å². The number of aromatic nitrogens is 2. The second-order valence-electron chi connectivity index (χ2n) is 4.82. The lowest BCUT2D eigenvalue weighted by Crippen LogP contribution is -2.41. The number of rotatable bonds is 7. The minimum Gasteiger partial charge on any atom is -0.480 e. The maximum Gasteiger partial charge on any atom is 0.326 e.